The van der Waals surface area contributed by atoms with Crippen molar-refractivity contribution in [3.63, 3.8) is 0 Å². The summed E-state index contributed by atoms with van der Waals surface area (Å²) >= 11 is 19.2. The van der Waals surface area contributed by atoms with Crippen molar-refractivity contribution in [1.82, 2.24) is 5.32 Å². The van der Waals surface area contributed by atoms with Gasteiger partial charge in [-0.3, -0.25) is 4.79 Å². The molecule has 1 N–H and O–H groups in total. The van der Waals surface area contributed by atoms with Crippen LogP contribution < -0.4 is 5.32 Å². The Morgan fingerprint density at radius 1 is 1.13 bits per heavy atom. The summed E-state index contributed by atoms with van der Waals surface area (Å²) in [5, 5.41) is 3.95. The highest BCUT2D eigenvalue weighted by Crippen LogP contribution is 2.24. The van der Waals surface area contributed by atoms with Gasteiger partial charge in [-0.25, -0.2) is 4.39 Å². The molecule has 2 nitrogen and oxygen atoms in total. The van der Waals surface area contributed by atoms with Gasteiger partial charge in [-0.05, 0) is 30.3 Å². The number of hydrogen-bond acceptors (Lipinski definition) is 2. The number of carbonyl (C=O) groups excluding carboxylic acids is 1. The predicted molar refractivity (Wildman–Crippen MR) is 96.4 cm³/mol. The first-order chi connectivity index (χ1) is 11.0. The Balaban J connectivity index is 1.78. The molecule has 23 heavy (non-hydrogen) atoms. The van der Waals surface area contributed by atoms with Crippen LogP contribution in [-0.2, 0) is 5.75 Å². The lowest BCUT2D eigenvalue weighted by atomic mass is 10.2. The van der Waals surface area contributed by atoms with Crippen LogP contribution in [0.15, 0.2) is 36.4 Å². The minimum Gasteiger partial charge on any atom is -0.351 e. The van der Waals surface area contributed by atoms with E-state index in [2.05, 4.69) is 5.32 Å². The van der Waals surface area contributed by atoms with E-state index in [4.69, 9.17) is 34.8 Å². The van der Waals surface area contributed by atoms with Crippen LogP contribution in [0.1, 0.15) is 15.9 Å². The largest absolute Gasteiger partial charge is 0.351 e. The van der Waals surface area contributed by atoms with Crippen molar-refractivity contribution in [2.75, 3.05) is 12.3 Å². The van der Waals surface area contributed by atoms with E-state index >= 15 is 0 Å². The number of hydrogen-bond donors (Lipinski definition) is 1. The van der Waals surface area contributed by atoms with Gasteiger partial charge in [0.1, 0.15) is 5.82 Å². The summed E-state index contributed by atoms with van der Waals surface area (Å²) < 4.78 is 13.6. The Morgan fingerprint density at radius 3 is 2.61 bits per heavy atom. The first-order valence-electron chi connectivity index (χ1n) is 6.73. The van der Waals surface area contributed by atoms with Crippen LogP contribution in [-0.4, -0.2) is 18.2 Å². The van der Waals surface area contributed by atoms with Crippen LogP contribution in [0.3, 0.4) is 0 Å². The van der Waals surface area contributed by atoms with Crippen molar-refractivity contribution < 1.29 is 9.18 Å². The lowest BCUT2D eigenvalue weighted by Crippen LogP contribution is -2.26. The molecular formula is C16H13Cl3FNOS. The first-order valence-corrected chi connectivity index (χ1v) is 9.02. The lowest BCUT2D eigenvalue weighted by molar-refractivity contribution is 0.0956. The zero-order valence-electron chi connectivity index (χ0n) is 11.9. The Hall–Kier alpha value is -0.940. The van der Waals surface area contributed by atoms with Crippen LogP contribution in [0.5, 0.6) is 0 Å². The van der Waals surface area contributed by atoms with Crippen LogP contribution in [0, 0.1) is 5.82 Å². The molecule has 2 aromatic rings. The third-order valence-electron chi connectivity index (χ3n) is 3.02. The van der Waals surface area contributed by atoms with E-state index in [9.17, 15) is 9.18 Å². The molecule has 0 unspecified atom stereocenters. The molecule has 0 saturated carbocycles. The summed E-state index contributed by atoms with van der Waals surface area (Å²) in [5.74, 6) is 0.489. The maximum atomic E-state index is 13.6. The summed E-state index contributed by atoms with van der Waals surface area (Å²) in [5.41, 5.74) is 0.851. The Morgan fingerprint density at radius 2 is 1.91 bits per heavy atom. The molecular weight excluding hydrogens is 380 g/mol. The normalized spacial score (nSPS) is 10.6. The maximum Gasteiger partial charge on any atom is 0.252 e. The van der Waals surface area contributed by atoms with E-state index in [1.165, 1.54) is 23.9 Å². The highest BCUT2D eigenvalue weighted by molar-refractivity contribution is 7.98. The van der Waals surface area contributed by atoms with Gasteiger partial charge in [0.05, 0.1) is 10.6 Å². The second-order valence-corrected chi connectivity index (χ2v) is 6.99. The molecule has 1 amide bonds. The van der Waals surface area contributed by atoms with Crippen LogP contribution in [0.25, 0.3) is 0 Å². The predicted octanol–water partition coefficient (Wildman–Crippen LogP) is 5.45. The van der Waals surface area contributed by atoms with Gasteiger partial charge < -0.3 is 5.32 Å². The fourth-order valence-corrected chi connectivity index (χ4v) is 3.54. The second-order valence-electron chi connectivity index (χ2n) is 4.63. The minimum atomic E-state index is -0.318. The first kappa shape index (κ1) is 18.4. The van der Waals surface area contributed by atoms with Gasteiger partial charge in [-0.15, -0.1) is 0 Å². The zero-order valence-corrected chi connectivity index (χ0v) is 15.0. The van der Waals surface area contributed by atoms with Crippen molar-refractivity contribution in [3.05, 3.63) is 68.4 Å². The molecule has 2 aromatic carbocycles. The summed E-state index contributed by atoms with van der Waals surface area (Å²) in [6.07, 6.45) is 0. The molecule has 0 heterocycles. The van der Waals surface area contributed by atoms with Crippen molar-refractivity contribution in [2.24, 2.45) is 0 Å². The molecule has 0 aliphatic heterocycles. The van der Waals surface area contributed by atoms with E-state index in [0.29, 0.717) is 44.2 Å². The fourth-order valence-electron chi connectivity index (χ4n) is 1.85. The van der Waals surface area contributed by atoms with Crippen LogP contribution in [0.4, 0.5) is 4.39 Å². The van der Waals surface area contributed by atoms with Gasteiger partial charge in [0, 0.05) is 33.7 Å². The van der Waals surface area contributed by atoms with Crippen LogP contribution >= 0.6 is 46.6 Å². The molecule has 2 rings (SSSR count). The van der Waals surface area contributed by atoms with E-state index in [1.807, 2.05) is 0 Å². The average molecular weight is 393 g/mol. The van der Waals surface area contributed by atoms with Crippen molar-refractivity contribution in [3.8, 4) is 0 Å². The maximum absolute atomic E-state index is 13.6. The van der Waals surface area contributed by atoms with Crippen molar-refractivity contribution in [1.29, 1.82) is 0 Å². The van der Waals surface area contributed by atoms with Crippen molar-refractivity contribution in [2.45, 2.75) is 5.75 Å². The molecule has 0 aliphatic rings. The number of nitrogens with one attached hydrogen (secondary N) is 1. The third-order valence-corrected chi connectivity index (χ3v) is 4.90. The van der Waals surface area contributed by atoms with Gasteiger partial charge in [0.15, 0.2) is 0 Å². The lowest BCUT2D eigenvalue weighted by Gasteiger charge is -2.08. The zero-order chi connectivity index (χ0) is 16.8. The number of thioether (sulfide) groups is 1. The number of halogens is 4. The highest BCUT2D eigenvalue weighted by Gasteiger charge is 2.10. The SMILES string of the molecule is O=C(NCCSCc1c(F)cccc1Cl)c1ccc(Cl)cc1Cl. The number of carbonyl (C=O) groups is 1. The van der Waals surface area contributed by atoms with E-state index in [-0.39, 0.29) is 11.7 Å². The summed E-state index contributed by atoms with van der Waals surface area (Å²) in [7, 11) is 0. The van der Waals surface area contributed by atoms with Crippen LogP contribution in [0.2, 0.25) is 15.1 Å². The molecule has 0 saturated heterocycles. The van der Waals surface area contributed by atoms with Gasteiger partial charge in [0.2, 0.25) is 0 Å². The average Bonchev–Trinajstić information content (AvgIpc) is 2.49. The number of rotatable bonds is 6. The Bertz CT molecular complexity index is 691. The topological polar surface area (TPSA) is 29.1 Å². The Labute approximate surface area is 153 Å². The molecule has 0 atom stereocenters. The molecule has 0 fully saturated rings. The molecule has 0 radical (unpaired) electrons. The van der Waals surface area contributed by atoms with Gasteiger partial charge in [-0.2, -0.15) is 11.8 Å². The highest BCUT2D eigenvalue weighted by atomic mass is 35.5. The van der Waals surface area contributed by atoms with Gasteiger partial charge >= 0.3 is 0 Å². The molecule has 0 aliphatic carbocycles. The molecule has 0 bridgehead atoms. The van der Waals surface area contributed by atoms with E-state index in [0.717, 1.165) is 0 Å². The summed E-state index contributed by atoms with van der Waals surface area (Å²) in [6, 6.07) is 9.31. The minimum absolute atomic E-state index is 0.267. The summed E-state index contributed by atoms with van der Waals surface area (Å²) in [6.45, 7) is 0.439. The quantitative estimate of drug-likeness (QED) is 0.662. The fraction of sp³-hybridized carbons (Fsp3) is 0.188. The summed E-state index contributed by atoms with van der Waals surface area (Å²) in [4.78, 5) is 12.0. The van der Waals surface area contributed by atoms with E-state index in [1.54, 1.807) is 24.3 Å². The monoisotopic (exact) mass is 391 g/mol. The molecule has 0 spiro atoms. The molecule has 0 aromatic heterocycles. The number of amides is 1. The molecule has 122 valence electrons. The van der Waals surface area contributed by atoms with Gasteiger partial charge in [-0.1, -0.05) is 40.9 Å². The standard InChI is InChI=1S/C16H13Cl3FNOS/c17-10-4-5-11(14(19)8-10)16(22)21-6-7-23-9-12-13(18)2-1-3-15(12)20/h1-5,8H,6-7,9H2,(H,21,22). The molecule has 7 heteroatoms. The smallest absolute Gasteiger partial charge is 0.252 e. The second kappa shape index (κ2) is 8.78. The third kappa shape index (κ3) is 5.28. The number of benzene rings is 2. The van der Waals surface area contributed by atoms with Crippen molar-refractivity contribution >= 4 is 52.5 Å². The van der Waals surface area contributed by atoms with E-state index < -0.39 is 0 Å². The Kier molecular flexibility index (Phi) is 7.03. The van der Waals surface area contributed by atoms with Gasteiger partial charge in [0.25, 0.3) is 5.91 Å².